The van der Waals surface area contributed by atoms with Crippen molar-refractivity contribution < 1.29 is 24.1 Å². The maximum absolute atomic E-state index is 11.7. The zero-order valence-corrected chi connectivity index (χ0v) is 14.9. The molecular weight excluding hydrogens is 397 g/mol. The fraction of sp³-hybridized carbons (Fsp3) is 0.235. The average molecular weight is 420 g/mol. The molecule has 0 aromatic heterocycles. The third kappa shape index (κ3) is 5.24. The van der Waals surface area contributed by atoms with Crippen molar-refractivity contribution in [2.75, 3.05) is 17.9 Å². The summed E-state index contributed by atoms with van der Waals surface area (Å²) in [5.74, 6) is -0.295. The number of nitrogens with one attached hydrogen (secondary N) is 2. The fourth-order valence-electron chi connectivity index (χ4n) is 2.87. The summed E-state index contributed by atoms with van der Waals surface area (Å²) in [6.45, 7) is -0.0522. The first-order valence-corrected chi connectivity index (χ1v) is 9.44. The van der Waals surface area contributed by atoms with Crippen LogP contribution < -0.4 is 14.3 Å². The molecule has 1 aliphatic rings. The van der Waals surface area contributed by atoms with Crippen molar-refractivity contribution in [3.8, 4) is 5.75 Å². The van der Waals surface area contributed by atoms with Crippen LogP contribution in [0.3, 0.4) is 0 Å². The predicted molar refractivity (Wildman–Crippen MR) is 107 cm³/mol. The van der Waals surface area contributed by atoms with E-state index in [1.807, 2.05) is 6.07 Å². The Bertz CT molecular complexity index is 836. The Hall–Kier alpha value is -0.664. The second kappa shape index (κ2) is 9.22. The van der Waals surface area contributed by atoms with Crippen LogP contribution in [-0.4, -0.2) is 96.4 Å². The van der Waals surface area contributed by atoms with Gasteiger partial charge in [0.15, 0.2) is 0 Å². The molecular formula is C17H22KN3O5S. The number of aliphatic hydroxyl groups is 1. The summed E-state index contributed by atoms with van der Waals surface area (Å²) in [4.78, 5) is 11.7. The van der Waals surface area contributed by atoms with Crippen LogP contribution in [0.2, 0.25) is 0 Å². The molecule has 3 rings (SSSR count). The number of amides is 1. The van der Waals surface area contributed by atoms with Gasteiger partial charge in [0.1, 0.15) is 17.7 Å². The molecule has 6 N–H and O–H groups in total. The van der Waals surface area contributed by atoms with Crippen LogP contribution in [-0.2, 0) is 6.42 Å². The first-order valence-electron chi connectivity index (χ1n) is 7.94. The van der Waals surface area contributed by atoms with E-state index in [2.05, 4.69) is 10.0 Å². The molecule has 0 aliphatic carbocycles. The molecule has 27 heavy (non-hydrogen) atoms. The summed E-state index contributed by atoms with van der Waals surface area (Å²) >= 11 is 0. The number of benzene rings is 2. The van der Waals surface area contributed by atoms with E-state index in [-0.39, 0.29) is 75.3 Å². The molecule has 1 fully saturated rings. The molecule has 2 aromatic carbocycles. The Labute approximate surface area is 201 Å². The Morgan fingerprint density at radius 1 is 1.26 bits per heavy atom. The van der Waals surface area contributed by atoms with Crippen molar-refractivity contribution in [1.82, 2.24) is 10.0 Å². The summed E-state index contributed by atoms with van der Waals surface area (Å²) in [7, 11) is -1.80. The van der Waals surface area contributed by atoms with Gasteiger partial charge in [-0.2, -0.15) is 4.72 Å². The number of phenolic OH excluding ortho intramolecular Hbond substituents is 1. The number of nitrogens with zero attached hydrogens (tertiary/aromatic N) is 1. The molecule has 10 heteroatoms. The minimum atomic E-state index is -3.37. The average Bonchev–Trinajstić information content (AvgIpc) is 2.86. The van der Waals surface area contributed by atoms with Gasteiger partial charge in [-0.25, -0.2) is 0 Å². The molecule has 0 radical (unpaired) electrons. The standard InChI is InChI=1S/C17H21N3O5S.K.H/c1-18-17(23)13-4-2-3-11(8-13)7-12-5-6-14(15(21)9-12)20-10-16(22)19-26(20,24)25;;/h2-6,8-9,16,19,21-22,24-25H,7,10H2,1H3,(H,18,23);;. The molecule has 2 aromatic rings. The maximum atomic E-state index is 11.7. The van der Waals surface area contributed by atoms with Gasteiger partial charge >= 0.3 is 51.4 Å². The fourth-order valence-corrected chi connectivity index (χ4v) is 4.22. The third-order valence-electron chi connectivity index (χ3n) is 4.07. The van der Waals surface area contributed by atoms with E-state index in [4.69, 9.17) is 0 Å². The van der Waals surface area contributed by atoms with Gasteiger partial charge in [-0.3, -0.25) is 18.2 Å². The van der Waals surface area contributed by atoms with Crippen molar-refractivity contribution in [2.24, 2.45) is 0 Å². The Balaban J connectivity index is 0.00000261. The second-order valence-electron chi connectivity index (χ2n) is 5.99. The number of hydrogen-bond donors (Lipinski definition) is 6. The van der Waals surface area contributed by atoms with Gasteiger partial charge in [0.25, 0.3) is 5.91 Å². The monoisotopic (exact) mass is 419 g/mol. The normalized spacial score (nSPS) is 19.3. The Kier molecular flexibility index (Phi) is 7.73. The number of hydrogen-bond acceptors (Lipinski definition) is 7. The number of carbonyl (C=O) groups excluding carboxylic acids is 1. The van der Waals surface area contributed by atoms with E-state index in [1.165, 1.54) is 6.07 Å². The number of β-amino-alcohol motifs (C(OH)–C–C–N with tert-alkyl or cyclic N) is 1. The van der Waals surface area contributed by atoms with Gasteiger partial charge in [-0.15, -0.1) is 0 Å². The molecule has 1 amide bonds. The van der Waals surface area contributed by atoms with Crippen LogP contribution in [0.15, 0.2) is 42.5 Å². The van der Waals surface area contributed by atoms with Gasteiger partial charge in [-0.1, -0.05) is 29.2 Å². The van der Waals surface area contributed by atoms with Crippen LogP contribution in [0.25, 0.3) is 0 Å². The molecule has 1 saturated heterocycles. The van der Waals surface area contributed by atoms with Crippen LogP contribution in [0, 0.1) is 0 Å². The molecule has 1 aliphatic heterocycles. The molecule has 0 saturated carbocycles. The van der Waals surface area contributed by atoms with E-state index >= 15 is 0 Å². The van der Waals surface area contributed by atoms with Gasteiger partial charge in [0, 0.05) is 12.6 Å². The van der Waals surface area contributed by atoms with Crippen molar-refractivity contribution >= 4 is 73.9 Å². The molecule has 0 bridgehead atoms. The van der Waals surface area contributed by atoms with E-state index in [9.17, 15) is 24.1 Å². The molecule has 1 heterocycles. The van der Waals surface area contributed by atoms with Gasteiger partial charge in [-0.05, 0) is 41.8 Å². The van der Waals surface area contributed by atoms with Crippen LogP contribution in [0.4, 0.5) is 5.69 Å². The van der Waals surface area contributed by atoms with Crippen molar-refractivity contribution in [3.63, 3.8) is 0 Å². The molecule has 0 spiro atoms. The van der Waals surface area contributed by atoms with E-state index < -0.39 is 17.2 Å². The first kappa shape index (κ1) is 22.6. The van der Waals surface area contributed by atoms with E-state index in [1.54, 1.807) is 37.4 Å². The molecule has 1 atom stereocenters. The number of aromatic hydroxyl groups is 1. The summed E-state index contributed by atoms with van der Waals surface area (Å²) in [6.07, 6.45) is -0.595. The summed E-state index contributed by atoms with van der Waals surface area (Å²) in [5.41, 5.74) is 2.47. The van der Waals surface area contributed by atoms with Gasteiger partial charge in [0.05, 0.1) is 6.54 Å². The topological polar surface area (TPSA) is 125 Å². The van der Waals surface area contributed by atoms with Gasteiger partial charge < -0.3 is 15.5 Å². The molecule has 1 unspecified atom stereocenters. The van der Waals surface area contributed by atoms with E-state index in [0.29, 0.717) is 12.0 Å². The Morgan fingerprint density at radius 2 is 1.96 bits per heavy atom. The number of carbonyl (C=O) groups is 1. The molecule has 142 valence electrons. The quantitative estimate of drug-likeness (QED) is 0.409. The minimum absolute atomic E-state index is 0. The zero-order valence-electron chi connectivity index (χ0n) is 14.1. The summed E-state index contributed by atoms with van der Waals surface area (Å²) < 4.78 is 23.3. The predicted octanol–water partition coefficient (Wildman–Crippen LogP) is 1.00. The second-order valence-corrected chi connectivity index (χ2v) is 7.71. The van der Waals surface area contributed by atoms with Crippen molar-refractivity contribution in [1.29, 1.82) is 0 Å². The third-order valence-corrected chi connectivity index (χ3v) is 5.62. The first-order chi connectivity index (χ1) is 12.3. The number of aliphatic hydroxyl groups excluding tert-OH is 1. The van der Waals surface area contributed by atoms with Gasteiger partial charge in [0.2, 0.25) is 0 Å². The van der Waals surface area contributed by atoms with E-state index in [0.717, 1.165) is 15.4 Å². The number of phenols is 1. The molecule has 8 nitrogen and oxygen atoms in total. The number of rotatable bonds is 4. The Morgan fingerprint density at radius 3 is 2.56 bits per heavy atom. The zero-order chi connectivity index (χ0) is 18.9. The number of anilines is 1. The van der Waals surface area contributed by atoms with Crippen molar-refractivity contribution in [3.05, 3.63) is 59.2 Å². The van der Waals surface area contributed by atoms with Crippen LogP contribution in [0.5, 0.6) is 5.75 Å². The van der Waals surface area contributed by atoms with Crippen molar-refractivity contribution in [2.45, 2.75) is 12.6 Å². The van der Waals surface area contributed by atoms with Crippen LogP contribution in [0.1, 0.15) is 21.5 Å². The van der Waals surface area contributed by atoms with Crippen LogP contribution >= 0.6 is 11.0 Å². The summed E-state index contributed by atoms with van der Waals surface area (Å²) in [6, 6.07) is 12.0. The SMILES string of the molecule is CNC(=O)c1cccc(Cc2ccc(N3CC(O)NS3(O)O)c(O)c2)c1.[KH]. The summed E-state index contributed by atoms with van der Waals surface area (Å²) in [5, 5.41) is 22.4.